The van der Waals surface area contributed by atoms with Crippen molar-refractivity contribution in [3.63, 3.8) is 0 Å². The molecule has 0 N–H and O–H groups in total. The maximum atomic E-state index is 14.9. The van der Waals surface area contributed by atoms with E-state index in [-0.39, 0.29) is 23.7 Å². The molecule has 4 aliphatic carbocycles. The lowest BCUT2D eigenvalue weighted by Gasteiger charge is -2.40. The van der Waals surface area contributed by atoms with E-state index in [9.17, 15) is 13.2 Å². The Kier molecular flexibility index (Phi) is 8.52. The van der Waals surface area contributed by atoms with Crippen molar-refractivity contribution in [2.75, 3.05) is 0 Å². The first-order valence-corrected chi connectivity index (χ1v) is 14.0. The Bertz CT molecular complexity index is 558. The highest BCUT2D eigenvalue weighted by molar-refractivity contribution is 14.1. The highest BCUT2D eigenvalue weighted by Crippen LogP contribution is 2.46. The number of halogens is 4. The van der Waals surface area contributed by atoms with Crippen LogP contribution < -0.4 is 0 Å². The molecular formula is C26H40F3I. The van der Waals surface area contributed by atoms with Gasteiger partial charge in [0.2, 0.25) is 0 Å². The molecule has 8 atom stereocenters. The Hall–Kier alpha value is 0.260. The molecule has 0 aliphatic heterocycles. The number of hydrogen-bond acceptors (Lipinski definition) is 0. The van der Waals surface area contributed by atoms with Crippen LogP contribution in [0.1, 0.15) is 89.9 Å². The zero-order chi connectivity index (χ0) is 21.1. The van der Waals surface area contributed by atoms with Gasteiger partial charge in [-0.05, 0) is 106 Å². The average Bonchev–Trinajstić information content (AvgIpc) is 2.76. The molecule has 0 saturated heterocycles. The van der Waals surface area contributed by atoms with Crippen molar-refractivity contribution in [2.45, 2.75) is 112 Å². The molecule has 7 unspecified atom stereocenters. The lowest BCUT2D eigenvalue weighted by Crippen LogP contribution is -2.41. The number of alkyl halides is 4. The predicted molar refractivity (Wildman–Crippen MR) is 127 cm³/mol. The van der Waals surface area contributed by atoms with Crippen molar-refractivity contribution in [3.8, 4) is 0 Å². The van der Waals surface area contributed by atoms with Crippen molar-refractivity contribution >= 4 is 22.6 Å². The van der Waals surface area contributed by atoms with Crippen molar-refractivity contribution < 1.29 is 13.2 Å². The van der Waals surface area contributed by atoms with Crippen LogP contribution in [0.3, 0.4) is 0 Å². The fourth-order valence-electron chi connectivity index (χ4n) is 7.15. The van der Waals surface area contributed by atoms with Crippen LogP contribution in [0.4, 0.5) is 13.2 Å². The Balaban J connectivity index is 1.19. The second-order valence-electron chi connectivity index (χ2n) is 10.9. The topological polar surface area (TPSA) is 0 Å². The average molecular weight is 537 g/mol. The van der Waals surface area contributed by atoms with E-state index in [1.165, 1.54) is 19.3 Å². The van der Waals surface area contributed by atoms with Gasteiger partial charge in [-0.25, -0.2) is 13.2 Å². The summed E-state index contributed by atoms with van der Waals surface area (Å²) in [5.74, 6) is 1.55. The number of allylic oxidation sites excluding steroid dienone is 2. The molecule has 0 radical (unpaired) electrons. The van der Waals surface area contributed by atoms with Crippen molar-refractivity contribution in [2.24, 2.45) is 35.5 Å². The maximum absolute atomic E-state index is 14.9. The molecule has 0 heterocycles. The summed E-state index contributed by atoms with van der Waals surface area (Å²) in [5.41, 5.74) is 0. The van der Waals surface area contributed by atoms with Crippen LogP contribution in [0.2, 0.25) is 0 Å². The molecule has 30 heavy (non-hydrogen) atoms. The fraction of sp³-hybridized carbons (Fsp3) is 0.923. The second-order valence-corrected chi connectivity index (χ2v) is 12.6. The molecule has 4 aliphatic rings. The Labute approximate surface area is 195 Å². The Morgan fingerprint density at radius 3 is 2.23 bits per heavy atom. The predicted octanol–water partition coefficient (Wildman–Crippen LogP) is 8.57. The zero-order valence-corrected chi connectivity index (χ0v) is 20.5. The summed E-state index contributed by atoms with van der Waals surface area (Å²) >= 11 is 2.40. The van der Waals surface area contributed by atoms with Crippen molar-refractivity contribution in [1.82, 2.24) is 0 Å². The van der Waals surface area contributed by atoms with Crippen molar-refractivity contribution in [1.29, 1.82) is 0 Å². The first-order chi connectivity index (χ1) is 14.5. The van der Waals surface area contributed by atoms with Gasteiger partial charge in [0.15, 0.2) is 0 Å². The van der Waals surface area contributed by atoms with E-state index in [1.807, 2.05) is 0 Å². The van der Waals surface area contributed by atoms with Gasteiger partial charge in [-0.1, -0.05) is 54.0 Å². The minimum absolute atomic E-state index is 0.0873. The maximum Gasteiger partial charge on any atom is 0.135 e. The van der Waals surface area contributed by atoms with E-state index in [0.717, 1.165) is 70.6 Å². The summed E-state index contributed by atoms with van der Waals surface area (Å²) in [7, 11) is 0. The first-order valence-electron chi connectivity index (χ1n) is 12.8. The summed E-state index contributed by atoms with van der Waals surface area (Å²) in [6, 6.07) is 0. The smallest absolute Gasteiger partial charge is 0.135 e. The molecule has 0 aromatic carbocycles. The summed E-state index contributed by atoms with van der Waals surface area (Å²) in [4.78, 5) is 0. The van der Waals surface area contributed by atoms with Gasteiger partial charge >= 0.3 is 0 Å². The van der Waals surface area contributed by atoms with E-state index in [1.54, 1.807) is 0 Å². The normalized spacial score (nSPS) is 47.9. The highest BCUT2D eigenvalue weighted by Gasteiger charge is 2.43. The van der Waals surface area contributed by atoms with Crippen molar-refractivity contribution in [3.05, 3.63) is 12.2 Å². The number of hydrogen-bond donors (Lipinski definition) is 0. The van der Waals surface area contributed by atoms with Gasteiger partial charge in [-0.3, -0.25) is 0 Å². The van der Waals surface area contributed by atoms with Crippen LogP contribution in [0.25, 0.3) is 0 Å². The summed E-state index contributed by atoms with van der Waals surface area (Å²) in [6.45, 7) is 0. The van der Waals surface area contributed by atoms with E-state index in [2.05, 4.69) is 34.7 Å². The standard InChI is InChI=1S/C26H40F3I/c27-24-16-21(30)13-15-22(24)19-9-6-17(7-10-19)8-11-20-12-14-23(26(29)25(20)28)18-4-2-1-3-5-18/h2,4,17-26H,1,3,5-16H2/t17?,18?,19?,20?,21?,22?,23?,24?,25-,26?/m0/s1. The Morgan fingerprint density at radius 1 is 0.767 bits per heavy atom. The monoisotopic (exact) mass is 536 g/mol. The third kappa shape index (κ3) is 5.60. The van der Waals surface area contributed by atoms with E-state index in [0.29, 0.717) is 15.8 Å². The molecule has 0 nitrogen and oxygen atoms in total. The molecule has 172 valence electrons. The van der Waals surface area contributed by atoms with Gasteiger partial charge in [0, 0.05) is 3.92 Å². The fourth-order valence-corrected chi connectivity index (χ4v) is 7.99. The molecule has 0 spiro atoms. The van der Waals surface area contributed by atoms with E-state index in [4.69, 9.17) is 0 Å². The van der Waals surface area contributed by atoms with Gasteiger partial charge in [0.1, 0.15) is 18.5 Å². The molecule has 0 aromatic heterocycles. The highest BCUT2D eigenvalue weighted by atomic mass is 127. The summed E-state index contributed by atoms with van der Waals surface area (Å²) < 4.78 is 44.9. The zero-order valence-electron chi connectivity index (χ0n) is 18.3. The van der Waals surface area contributed by atoms with Gasteiger partial charge in [-0.2, -0.15) is 0 Å². The second kappa shape index (κ2) is 10.9. The van der Waals surface area contributed by atoms with Crippen LogP contribution in [0.15, 0.2) is 12.2 Å². The van der Waals surface area contributed by atoms with Crippen LogP contribution in [-0.4, -0.2) is 22.4 Å². The van der Waals surface area contributed by atoms with Gasteiger partial charge in [-0.15, -0.1) is 0 Å². The van der Waals surface area contributed by atoms with E-state index >= 15 is 0 Å². The third-order valence-electron chi connectivity index (χ3n) is 9.08. The molecular weight excluding hydrogens is 496 g/mol. The Morgan fingerprint density at radius 2 is 1.53 bits per heavy atom. The van der Waals surface area contributed by atoms with Gasteiger partial charge < -0.3 is 0 Å². The molecule has 0 amide bonds. The quantitative estimate of drug-likeness (QED) is 0.188. The van der Waals surface area contributed by atoms with Crippen LogP contribution in [0, 0.1) is 35.5 Å². The molecule has 3 fully saturated rings. The van der Waals surface area contributed by atoms with E-state index < -0.39 is 18.5 Å². The summed E-state index contributed by atoms with van der Waals surface area (Å²) in [5, 5.41) is 0. The van der Waals surface area contributed by atoms with Gasteiger partial charge in [0.25, 0.3) is 0 Å². The van der Waals surface area contributed by atoms with Crippen LogP contribution in [-0.2, 0) is 0 Å². The minimum Gasteiger partial charge on any atom is -0.247 e. The minimum atomic E-state index is -1.28. The molecule has 4 heteroatoms. The van der Waals surface area contributed by atoms with Gasteiger partial charge in [0.05, 0.1) is 0 Å². The van der Waals surface area contributed by atoms with Crippen LogP contribution >= 0.6 is 22.6 Å². The molecule has 3 saturated carbocycles. The first kappa shape index (κ1) is 23.4. The largest absolute Gasteiger partial charge is 0.247 e. The SMILES string of the molecule is FC1CC(I)CCC1C1CCC(CCC2CCC(C3C=CCCC3)C(F)[C@H]2F)CC1. The number of rotatable bonds is 5. The third-order valence-corrected chi connectivity index (χ3v) is 10.2. The lowest BCUT2D eigenvalue weighted by atomic mass is 9.68. The molecule has 0 aromatic rings. The lowest BCUT2D eigenvalue weighted by molar-refractivity contribution is -0.000981. The van der Waals surface area contributed by atoms with Crippen LogP contribution in [0.5, 0.6) is 0 Å². The molecule has 0 bridgehead atoms. The summed E-state index contributed by atoms with van der Waals surface area (Å²) in [6.07, 6.45) is 15.6. The molecule has 4 rings (SSSR count).